The molecular formula is C18H24N4O4. The third-order valence-corrected chi connectivity index (χ3v) is 5.21. The van der Waals surface area contributed by atoms with Gasteiger partial charge in [0.15, 0.2) is 11.5 Å². The van der Waals surface area contributed by atoms with Crippen LogP contribution >= 0.6 is 0 Å². The van der Waals surface area contributed by atoms with Gasteiger partial charge in [-0.3, -0.25) is 0 Å². The minimum Gasteiger partial charge on any atom is -0.493 e. The molecule has 0 amide bonds. The summed E-state index contributed by atoms with van der Waals surface area (Å²) in [4.78, 5) is 22.9. The Morgan fingerprint density at radius 2 is 1.92 bits per heavy atom. The number of hydrogen-bond donors (Lipinski definition) is 2. The molecule has 0 unspecified atom stereocenters. The first-order valence-corrected chi connectivity index (χ1v) is 8.55. The van der Waals surface area contributed by atoms with E-state index in [2.05, 4.69) is 9.97 Å². The average Bonchev–Trinajstić information content (AvgIpc) is 3.07. The van der Waals surface area contributed by atoms with Crippen LogP contribution < -0.4 is 20.1 Å². The van der Waals surface area contributed by atoms with Crippen LogP contribution in [0.25, 0.3) is 10.9 Å². The first-order valence-electron chi connectivity index (χ1n) is 8.55. The summed E-state index contributed by atoms with van der Waals surface area (Å²) < 4.78 is 10.6. The van der Waals surface area contributed by atoms with Crippen molar-refractivity contribution in [2.24, 2.45) is 5.92 Å². The van der Waals surface area contributed by atoms with Crippen LogP contribution in [0.3, 0.4) is 0 Å². The molecule has 0 bridgehead atoms. The second-order valence-corrected chi connectivity index (χ2v) is 6.77. The van der Waals surface area contributed by atoms with E-state index in [-0.39, 0.29) is 11.7 Å². The molecule has 3 rings (SSSR count). The highest BCUT2D eigenvalue weighted by atomic mass is 16.5. The van der Waals surface area contributed by atoms with E-state index < -0.39 is 11.5 Å². The molecule has 26 heavy (non-hydrogen) atoms. The van der Waals surface area contributed by atoms with E-state index in [1.54, 1.807) is 31.3 Å². The fourth-order valence-corrected chi connectivity index (χ4v) is 3.78. The summed E-state index contributed by atoms with van der Waals surface area (Å²) in [7, 11) is 3.09. The van der Waals surface area contributed by atoms with E-state index >= 15 is 0 Å². The summed E-state index contributed by atoms with van der Waals surface area (Å²) in [6, 6.07) is 3.45. The number of aliphatic carboxylic acids is 1. The molecule has 1 fully saturated rings. The van der Waals surface area contributed by atoms with Gasteiger partial charge in [-0.2, -0.15) is 4.98 Å². The fourth-order valence-electron chi connectivity index (χ4n) is 3.78. The molecule has 1 atom stereocenters. The van der Waals surface area contributed by atoms with Gasteiger partial charge < -0.3 is 25.2 Å². The van der Waals surface area contributed by atoms with Crippen molar-refractivity contribution >= 4 is 28.6 Å². The maximum atomic E-state index is 12.1. The van der Waals surface area contributed by atoms with Gasteiger partial charge in [0.2, 0.25) is 5.95 Å². The molecule has 3 N–H and O–H groups in total. The van der Waals surface area contributed by atoms with Crippen LogP contribution in [0.2, 0.25) is 0 Å². The fraction of sp³-hybridized carbons (Fsp3) is 0.500. The molecule has 1 aliphatic heterocycles. The van der Waals surface area contributed by atoms with Gasteiger partial charge in [-0.25, -0.2) is 9.78 Å². The highest BCUT2D eigenvalue weighted by Crippen LogP contribution is 2.40. The van der Waals surface area contributed by atoms with E-state index in [9.17, 15) is 9.90 Å². The topological polar surface area (TPSA) is 111 Å². The number of methoxy groups -OCH3 is 2. The molecule has 8 heteroatoms. The predicted molar refractivity (Wildman–Crippen MR) is 98.8 cm³/mol. The summed E-state index contributed by atoms with van der Waals surface area (Å²) >= 11 is 0. The predicted octanol–water partition coefficient (Wildman–Crippen LogP) is 2.31. The standard InChI is InChI=1S/C18H24N4O4/c1-10(2)18(16(23)24)6-5-7-22(18)17-20-12-9-14(26-4)13(25-3)8-11(12)15(19)21-17/h8-10H,5-7H2,1-4H3,(H,23,24)(H2,19,20,21)/t18-/m0/s1. The van der Waals surface area contributed by atoms with Gasteiger partial charge in [-0.15, -0.1) is 0 Å². The molecule has 1 aliphatic rings. The summed E-state index contributed by atoms with van der Waals surface area (Å²) in [5, 5.41) is 10.6. The molecule has 1 saturated heterocycles. The van der Waals surface area contributed by atoms with E-state index in [1.165, 1.54) is 0 Å². The SMILES string of the molecule is COc1cc2nc(N3CCC[C@@]3(C(=O)O)C(C)C)nc(N)c2cc1OC. The van der Waals surface area contributed by atoms with Crippen LogP contribution in [0.15, 0.2) is 12.1 Å². The van der Waals surface area contributed by atoms with Gasteiger partial charge in [-0.1, -0.05) is 13.8 Å². The number of aromatic nitrogens is 2. The number of carboxylic acid groups (broad SMARTS) is 1. The van der Waals surface area contributed by atoms with Crippen molar-refractivity contribution in [3.05, 3.63) is 12.1 Å². The lowest BCUT2D eigenvalue weighted by Crippen LogP contribution is -2.55. The third-order valence-electron chi connectivity index (χ3n) is 5.21. The van der Waals surface area contributed by atoms with Crippen molar-refractivity contribution < 1.29 is 19.4 Å². The molecule has 140 valence electrons. The summed E-state index contributed by atoms with van der Waals surface area (Å²) in [5.41, 5.74) is 5.71. The van der Waals surface area contributed by atoms with Crippen LogP contribution in [0.1, 0.15) is 26.7 Å². The van der Waals surface area contributed by atoms with E-state index in [0.717, 1.165) is 6.42 Å². The van der Waals surface area contributed by atoms with Crippen molar-refractivity contribution in [1.82, 2.24) is 9.97 Å². The van der Waals surface area contributed by atoms with E-state index in [0.29, 0.717) is 41.3 Å². The molecule has 8 nitrogen and oxygen atoms in total. The number of rotatable bonds is 5. The number of hydrogen-bond acceptors (Lipinski definition) is 7. The van der Waals surface area contributed by atoms with Crippen LogP contribution in [-0.2, 0) is 4.79 Å². The highest BCUT2D eigenvalue weighted by Gasteiger charge is 2.51. The Morgan fingerprint density at radius 3 is 2.50 bits per heavy atom. The van der Waals surface area contributed by atoms with Crippen molar-refractivity contribution in [2.75, 3.05) is 31.4 Å². The zero-order valence-corrected chi connectivity index (χ0v) is 15.4. The van der Waals surface area contributed by atoms with Crippen LogP contribution in [-0.4, -0.2) is 47.3 Å². The monoisotopic (exact) mass is 360 g/mol. The lowest BCUT2D eigenvalue weighted by Gasteiger charge is -2.38. The van der Waals surface area contributed by atoms with Gasteiger partial charge >= 0.3 is 5.97 Å². The van der Waals surface area contributed by atoms with Gasteiger partial charge in [-0.05, 0) is 24.8 Å². The second kappa shape index (κ2) is 6.51. The largest absolute Gasteiger partial charge is 0.493 e. The van der Waals surface area contributed by atoms with Crippen molar-refractivity contribution in [3.63, 3.8) is 0 Å². The zero-order valence-electron chi connectivity index (χ0n) is 15.4. The normalized spacial score (nSPS) is 20.0. The Morgan fingerprint density at radius 1 is 1.27 bits per heavy atom. The average molecular weight is 360 g/mol. The Balaban J connectivity index is 2.18. The van der Waals surface area contributed by atoms with E-state index in [1.807, 2.05) is 13.8 Å². The molecule has 0 saturated carbocycles. The van der Waals surface area contributed by atoms with Crippen LogP contribution in [0, 0.1) is 5.92 Å². The molecule has 0 spiro atoms. The molecule has 2 heterocycles. The lowest BCUT2D eigenvalue weighted by molar-refractivity contribution is -0.144. The van der Waals surface area contributed by atoms with Gasteiger partial charge in [0.1, 0.15) is 11.4 Å². The number of nitrogens with zero attached hydrogens (tertiary/aromatic N) is 3. The maximum Gasteiger partial charge on any atom is 0.329 e. The molecule has 0 radical (unpaired) electrons. The summed E-state index contributed by atoms with van der Waals surface area (Å²) in [6.45, 7) is 4.39. The Kier molecular flexibility index (Phi) is 4.52. The van der Waals surface area contributed by atoms with Gasteiger partial charge in [0, 0.05) is 18.0 Å². The minimum atomic E-state index is -1.03. The number of carboxylic acids is 1. The minimum absolute atomic E-state index is 0.103. The quantitative estimate of drug-likeness (QED) is 0.836. The van der Waals surface area contributed by atoms with Crippen LogP contribution in [0.5, 0.6) is 11.5 Å². The Hall–Kier alpha value is -2.77. The number of carbonyl (C=O) groups is 1. The van der Waals surface area contributed by atoms with Gasteiger partial charge in [0.05, 0.1) is 19.7 Å². The van der Waals surface area contributed by atoms with Crippen molar-refractivity contribution in [3.8, 4) is 11.5 Å². The van der Waals surface area contributed by atoms with Crippen molar-refractivity contribution in [1.29, 1.82) is 0 Å². The Bertz CT molecular complexity index is 855. The molecular weight excluding hydrogens is 336 g/mol. The van der Waals surface area contributed by atoms with Crippen LogP contribution in [0.4, 0.5) is 11.8 Å². The molecule has 1 aromatic carbocycles. The first kappa shape index (κ1) is 18.0. The lowest BCUT2D eigenvalue weighted by atomic mass is 9.84. The number of anilines is 2. The number of ether oxygens (including phenoxy) is 2. The number of nitrogens with two attached hydrogens (primary N) is 1. The zero-order chi connectivity index (χ0) is 19.1. The molecule has 2 aromatic rings. The highest BCUT2D eigenvalue weighted by molar-refractivity contribution is 5.92. The summed E-state index contributed by atoms with van der Waals surface area (Å²) in [6.07, 6.45) is 1.31. The maximum absolute atomic E-state index is 12.1. The number of nitrogen functional groups attached to an aromatic ring is 1. The molecule has 0 aliphatic carbocycles. The third kappa shape index (κ3) is 2.56. The number of benzene rings is 1. The molecule has 1 aromatic heterocycles. The second-order valence-electron chi connectivity index (χ2n) is 6.77. The smallest absolute Gasteiger partial charge is 0.329 e. The van der Waals surface area contributed by atoms with Gasteiger partial charge in [0.25, 0.3) is 0 Å². The first-order chi connectivity index (χ1) is 12.3. The van der Waals surface area contributed by atoms with E-state index in [4.69, 9.17) is 15.2 Å². The number of fused-ring (bicyclic) bond motifs is 1. The Labute approximate surface area is 151 Å². The summed E-state index contributed by atoms with van der Waals surface area (Å²) in [5.74, 6) is 0.704. The van der Waals surface area contributed by atoms with Crippen molar-refractivity contribution in [2.45, 2.75) is 32.2 Å².